The van der Waals surface area contributed by atoms with Crippen LogP contribution >= 0.6 is 34.8 Å². The van der Waals surface area contributed by atoms with Gasteiger partial charge >= 0.3 is 0 Å². The maximum atomic E-state index is 6.51. The summed E-state index contributed by atoms with van der Waals surface area (Å²) in [5.41, 5.74) is 4.36. The molecule has 0 aliphatic heterocycles. The molecule has 0 spiro atoms. The zero-order valence-electron chi connectivity index (χ0n) is 14.4. The second kappa shape index (κ2) is 6.78. The van der Waals surface area contributed by atoms with Gasteiger partial charge in [0.05, 0.1) is 21.7 Å². The average Bonchev–Trinajstić information content (AvgIpc) is 3.08. The number of hydrogen-bond acceptors (Lipinski definition) is 2. The first kappa shape index (κ1) is 17.5. The van der Waals surface area contributed by atoms with E-state index in [0.29, 0.717) is 15.1 Å². The molecular formula is C22H12Cl3N3. The summed E-state index contributed by atoms with van der Waals surface area (Å²) in [5, 5.41) is 8.63. The Kier molecular flexibility index (Phi) is 4.24. The predicted octanol–water partition coefficient (Wildman–Crippen LogP) is 7.20. The number of aromatic nitrogens is 3. The van der Waals surface area contributed by atoms with E-state index >= 15 is 0 Å². The molecule has 2 aromatic heterocycles. The van der Waals surface area contributed by atoms with Gasteiger partial charge in [0, 0.05) is 32.6 Å². The van der Waals surface area contributed by atoms with Gasteiger partial charge in [-0.25, -0.2) is 4.68 Å². The molecule has 5 rings (SSSR count). The van der Waals surface area contributed by atoms with Gasteiger partial charge < -0.3 is 0 Å². The van der Waals surface area contributed by atoms with Crippen LogP contribution in [-0.2, 0) is 0 Å². The van der Waals surface area contributed by atoms with Crippen molar-refractivity contribution in [2.24, 2.45) is 0 Å². The fourth-order valence-corrected chi connectivity index (χ4v) is 4.00. The fraction of sp³-hybridized carbons (Fsp3) is 0. The normalized spacial score (nSPS) is 11.4. The molecule has 0 bridgehead atoms. The quantitative estimate of drug-likeness (QED) is 0.300. The van der Waals surface area contributed by atoms with E-state index in [1.807, 2.05) is 71.5 Å². The first-order valence-electron chi connectivity index (χ1n) is 8.59. The van der Waals surface area contributed by atoms with Crippen LogP contribution in [0.5, 0.6) is 0 Å². The first-order chi connectivity index (χ1) is 13.6. The van der Waals surface area contributed by atoms with E-state index in [9.17, 15) is 0 Å². The molecule has 28 heavy (non-hydrogen) atoms. The summed E-state index contributed by atoms with van der Waals surface area (Å²) < 4.78 is 1.86. The Hall–Kier alpha value is -2.59. The topological polar surface area (TPSA) is 30.7 Å². The fourth-order valence-electron chi connectivity index (χ4n) is 3.38. The molecule has 2 heterocycles. The van der Waals surface area contributed by atoms with Gasteiger partial charge in [0.25, 0.3) is 0 Å². The van der Waals surface area contributed by atoms with E-state index in [4.69, 9.17) is 39.9 Å². The molecule has 0 amide bonds. The van der Waals surface area contributed by atoms with E-state index in [1.165, 1.54) is 0 Å². The number of hydrogen-bond donors (Lipinski definition) is 0. The van der Waals surface area contributed by atoms with Crippen molar-refractivity contribution in [3.63, 3.8) is 0 Å². The van der Waals surface area contributed by atoms with Crippen LogP contribution in [0.2, 0.25) is 15.1 Å². The highest BCUT2D eigenvalue weighted by molar-refractivity contribution is 6.36. The minimum Gasteiger partial charge on any atom is -0.255 e. The van der Waals surface area contributed by atoms with Gasteiger partial charge in [-0.2, -0.15) is 5.10 Å². The molecule has 3 aromatic carbocycles. The maximum Gasteiger partial charge on any atom is 0.102 e. The summed E-state index contributed by atoms with van der Waals surface area (Å²) in [6.45, 7) is 0. The van der Waals surface area contributed by atoms with E-state index in [1.54, 1.807) is 6.07 Å². The summed E-state index contributed by atoms with van der Waals surface area (Å²) in [6.07, 6.45) is 1.86. The van der Waals surface area contributed by atoms with E-state index in [0.717, 1.165) is 38.8 Å². The molecule has 0 fully saturated rings. The molecule has 136 valence electrons. The lowest BCUT2D eigenvalue weighted by Gasteiger charge is -2.08. The average molecular weight is 425 g/mol. The Bertz CT molecular complexity index is 1340. The second-order valence-electron chi connectivity index (χ2n) is 6.40. The van der Waals surface area contributed by atoms with Crippen LogP contribution in [0.4, 0.5) is 0 Å². The monoisotopic (exact) mass is 423 g/mol. The van der Waals surface area contributed by atoms with Crippen molar-refractivity contribution in [3.05, 3.63) is 88.0 Å². The number of halogens is 3. The number of para-hydroxylation sites is 1. The Labute approximate surface area is 176 Å². The second-order valence-corrected chi connectivity index (χ2v) is 7.68. The minimum atomic E-state index is 0.528. The van der Waals surface area contributed by atoms with Crippen LogP contribution in [0, 0.1) is 0 Å². The van der Waals surface area contributed by atoms with Gasteiger partial charge in [-0.05, 0) is 36.4 Å². The van der Waals surface area contributed by atoms with E-state index in [2.05, 4.69) is 4.98 Å². The SMILES string of the molecule is Clc1ccc(-c2nn(-c3ccc(Cl)cc3Cl)c3c2cnc2ccccc23)cc1. The lowest BCUT2D eigenvalue weighted by Crippen LogP contribution is -1.98. The lowest BCUT2D eigenvalue weighted by molar-refractivity contribution is 0.918. The Morgan fingerprint density at radius 2 is 1.50 bits per heavy atom. The first-order valence-corrected chi connectivity index (χ1v) is 9.73. The van der Waals surface area contributed by atoms with Crippen molar-refractivity contribution >= 4 is 56.6 Å². The van der Waals surface area contributed by atoms with Crippen LogP contribution in [0.25, 0.3) is 38.8 Å². The van der Waals surface area contributed by atoms with Crippen molar-refractivity contribution in [2.45, 2.75) is 0 Å². The number of fused-ring (bicyclic) bond motifs is 3. The number of rotatable bonds is 2. The van der Waals surface area contributed by atoms with E-state index in [-0.39, 0.29) is 0 Å². The highest BCUT2D eigenvalue weighted by Gasteiger charge is 2.18. The molecule has 0 aliphatic carbocycles. The van der Waals surface area contributed by atoms with Gasteiger partial charge in [-0.1, -0.05) is 65.1 Å². The van der Waals surface area contributed by atoms with Crippen LogP contribution < -0.4 is 0 Å². The maximum absolute atomic E-state index is 6.51. The Morgan fingerprint density at radius 3 is 2.29 bits per heavy atom. The zero-order chi connectivity index (χ0) is 19.3. The van der Waals surface area contributed by atoms with Crippen LogP contribution in [0.1, 0.15) is 0 Å². The van der Waals surface area contributed by atoms with Crippen molar-refractivity contribution in [1.82, 2.24) is 14.8 Å². The third-order valence-electron chi connectivity index (χ3n) is 4.67. The van der Waals surface area contributed by atoms with Gasteiger partial charge in [-0.3, -0.25) is 4.98 Å². The van der Waals surface area contributed by atoms with Crippen LogP contribution in [0.3, 0.4) is 0 Å². The molecule has 0 radical (unpaired) electrons. The number of nitrogens with zero attached hydrogens (tertiary/aromatic N) is 3. The van der Waals surface area contributed by atoms with Gasteiger partial charge in [-0.15, -0.1) is 0 Å². The summed E-state index contributed by atoms with van der Waals surface area (Å²) in [6, 6.07) is 21.0. The molecule has 0 unspecified atom stereocenters. The third kappa shape index (κ3) is 2.83. The largest absolute Gasteiger partial charge is 0.255 e. The van der Waals surface area contributed by atoms with Crippen LogP contribution in [0.15, 0.2) is 72.9 Å². The van der Waals surface area contributed by atoms with E-state index < -0.39 is 0 Å². The summed E-state index contributed by atoms with van der Waals surface area (Å²) in [5.74, 6) is 0. The van der Waals surface area contributed by atoms with Gasteiger partial charge in [0.2, 0.25) is 0 Å². The molecule has 0 aliphatic rings. The Morgan fingerprint density at radius 1 is 0.750 bits per heavy atom. The van der Waals surface area contributed by atoms with Crippen molar-refractivity contribution in [1.29, 1.82) is 0 Å². The molecule has 0 saturated heterocycles. The summed E-state index contributed by atoms with van der Waals surface area (Å²) in [7, 11) is 0. The summed E-state index contributed by atoms with van der Waals surface area (Å²) in [4.78, 5) is 4.62. The van der Waals surface area contributed by atoms with Crippen molar-refractivity contribution < 1.29 is 0 Å². The summed E-state index contributed by atoms with van der Waals surface area (Å²) >= 11 is 18.7. The molecule has 0 atom stereocenters. The third-order valence-corrected chi connectivity index (χ3v) is 5.46. The minimum absolute atomic E-state index is 0.528. The number of benzene rings is 3. The highest BCUT2D eigenvalue weighted by Crippen LogP contribution is 2.36. The molecule has 0 N–H and O–H groups in total. The van der Waals surface area contributed by atoms with Crippen molar-refractivity contribution in [3.8, 4) is 16.9 Å². The molecular weight excluding hydrogens is 413 g/mol. The molecule has 0 saturated carbocycles. The lowest BCUT2D eigenvalue weighted by atomic mass is 10.1. The smallest absolute Gasteiger partial charge is 0.102 e. The molecule has 6 heteroatoms. The highest BCUT2D eigenvalue weighted by atomic mass is 35.5. The van der Waals surface area contributed by atoms with Gasteiger partial charge in [0.15, 0.2) is 0 Å². The predicted molar refractivity (Wildman–Crippen MR) is 117 cm³/mol. The Balaban J connectivity index is 1.90. The van der Waals surface area contributed by atoms with Crippen molar-refractivity contribution in [2.75, 3.05) is 0 Å². The zero-order valence-corrected chi connectivity index (χ0v) is 16.7. The van der Waals surface area contributed by atoms with Crippen LogP contribution in [-0.4, -0.2) is 14.8 Å². The molecule has 3 nitrogen and oxygen atoms in total. The number of pyridine rings is 1. The standard InChI is InChI=1S/C22H12Cl3N3/c23-14-7-5-13(6-8-14)21-17-12-26-19-4-2-1-3-16(19)22(17)28(27-21)20-10-9-15(24)11-18(20)25/h1-12H. The van der Waals surface area contributed by atoms with Gasteiger partial charge in [0.1, 0.15) is 5.69 Å². The molecule has 5 aromatic rings.